The SMILES string of the molecule is C=C/C=C(\C=C/C)C1=C2C(=C(c3ccccc3)C1=O)c1ccc3ccc4cccc5cc2c1c3c45. The van der Waals surface area contributed by atoms with Crippen molar-refractivity contribution in [3.8, 4) is 0 Å². The van der Waals surface area contributed by atoms with Crippen molar-refractivity contribution in [2.24, 2.45) is 0 Å². The maximum absolute atomic E-state index is 14.2. The first-order chi connectivity index (χ1) is 17.2. The number of hydrogen-bond acceptors (Lipinski definition) is 1. The monoisotopic (exact) mass is 446 g/mol. The lowest BCUT2D eigenvalue weighted by atomic mass is 9.88. The molecule has 35 heavy (non-hydrogen) atoms. The van der Waals surface area contributed by atoms with Crippen LogP contribution in [0.5, 0.6) is 0 Å². The summed E-state index contributed by atoms with van der Waals surface area (Å²) in [4.78, 5) is 14.2. The average Bonchev–Trinajstić information content (AvgIpc) is 3.36. The molecule has 0 saturated carbocycles. The van der Waals surface area contributed by atoms with Gasteiger partial charge in [-0.1, -0.05) is 104 Å². The summed E-state index contributed by atoms with van der Waals surface area (Å²) in [5.74, 6) is 0.0797. The third-order valence-corrected chi connectivity index (χ3v) is 7.37. The van der Waals surface area contributed by atoms with Gasteiger partial charge in [-0.05, 0) is 67.6 Å². The van der Waals surface area contributed by atoms with Gasteiger partial charge < -0.3 is 0 Å². The topological polar surface area (TPSA) is 17.1 Å². The summed E-state index contributed by atoms with van der Waals surface area (Å²) in [7, 11) is 0. The van der Waals surface area contributed by atoms with Crippen molar-refractivity contribution >= 4 is 54.8 Å². The zero-order chi connectivity index (χ0) is 23.7. The van der Waals surface area contributed by atoms with Gasteiger partial charge in [0.25, 0.3) is 0 Å². The predicted molar refractivity (Wildman–Crippen MR) is 148 cm³/mol. The van der Waals surface area contributed by atoms with Crippen molar-refractivity contribution < 1.29 is 4.79 Å². The number of allylic oxidation sites excluding steroid dienone is 9. The van der Waals surface area contributed by atoms with E-state index in [1.165, 1.54) is 32.3 Å². The number of ketones is 1. The first kappa shape index (κ1) is 19.9. The molecule has 5 aromatic carbocycles. The third-order valence-electron chi connectivity index (χ3n) is 7.37. The highest BCUT2D eigenvalue weighted by molar-refractivity contribution is 6.52. The number of carbonyl (C=O) groups excluding carboxylic acids is 1. The molecule has 2 aliphatic rings. The van der Waals surface area contributed by atoms with Crippen LogP contribution in [-0.2, 0) is 4.79 Å². The molecule has 2 aliphatic carbocycles. The molecule has 0 amide bonds. The molecular formula is C34H22O. The molecule has 0 atom stereocenters. The summed E-state index contributed by atoms with van der Waals surface area (Å²) in [6, 6.07) is 27.7. The van der Waals surface area contributed by atoms with E-state index < -0.39 is 0 Å². The molecule has 0 fully saturated rings. The molecule has 0 bridgehead atoms. The summed E-state index contributed by atoms with van der Waals surface area (Å²) in [5.41, 5.74) is 7.82. The van der Waals surface area contributed by atoms with Crippen molar-refractivity contribution in [1.82, 2.24) is 0 Å². The molecule has 0 N–H and O–H groups in total. The van der Waals surface area contributed by atoms with Crippen LogP contribution >= 0.6 is 0 Å². The Labute approximate surface area is 204 Å². The van der Waals surface area contributed by atoms with Gasteiger partial charge in [0.1, 0.15) is 0 Å². The van der Waals surface area contributed by atoms with Gasteiger partial charge in [-0.15, -0.1) is 0 Å². The quantitative estimate of drug-likeness (QED) is 0.200. The van der Waals surface area contributed by atoms with Gasteiger partial charge in [-0.2, -0.15) is 0 Å². The molecule has 0 aliphatic heterocycles. The number of rotatable bonds is 4. The van der Waals surface area contributed by atoms with E-state index in [0.717, 1.165) is 44.6 Å². The second-order valence-electron chi connectivity index (χ2n) is 9.21. The molecule has 0 aromatic heterocycles. The number of carbonyl (C=O) groups is 1. The maximum Gasteiger partial charge on any atom is 0.195 e. The Morgan fingerprint density at radius 2 is 1.46 bits per heavy atom. The zero-order valence-electron chi connectivity index (χ0n) is 19.4. The van der Waals surface area contributed by atoms with E-state index in [1.807, 2.05) is 55.5 Å². The van der Waals surface area contributed by atoms with E-state index in [9.17, 15) is 4.79 Å². The van der Waals surface area contributed by atoms with Crippen molar-refractivity contribution in [2.45, 2.75) is 6.92 Å². The predicted octanol–water partition coefficient (Wildman–Crippen LogP) is 8.53. The number of Topliss-reactive ketones (excluding diaryl/α,β-unsaturated/α-hetero) is 1. The second kappa shape index (κ2) is 7.25. The van der Waals surface area contributed by atoms with Crippen LogP contribution in [0.4, 0.5) is 0 Å². The Morgan fingerprint density at radius 3 is 2.23 bits per heavy atom. The van der Waals surface area contributed by atoms with E-state index in [1.54, 1.807) is 6.08 Å². The van der Waals surface area contributed by atoms with Crippen LogP contribution in [-0.4, -0.2) is 5.78 Å². The zero-order valence-corrected chi connectivity index (χ0v) is 19.4. The van der Waals surface area contributed by atoms with Crippen molar-refractivity contribution in [3.05, 3.63) is 138 Å². The number of benzene rings is 5. The minimum atomic E-state index is 0.0797. The van der Waals surface area contributed by atoms with Crippen LogP contribution in [0.1, 0.15) is 23.6 Å². The Hall–Kier alpha value is -4.49. The van der Waals surface area contributed by atoms with Gasteiger partial charge >= 0.3 is 0 Å². The molecule has 0 saturated heterocycles. The van der Waals surface area contributed by atoms with E-state index in [0.29, 0.717) is 0 Å². The first-order valence-corrected chi connectivity index (χ1v) is 12.0. The highest BCUT2D eigenvalue weighted by atomic mass is 16.1. The smallest absolute Gasteiger partial charge is 0.195 e. The molecule has 1 heteroatoms. The van der Waals surface area contributed by atoms with Crippen molar-refractivity contribution in [2.75, 3.05) is 0 Å². The third kappa shape index (κ3) is 2.55. The van der Waals surface area contributed by atoms with E-state index >= 15 is 0 Å². The maximum atomic E-state index is 14.2. The first-order valence-electron chi connectivity index (χ1n) is 12.0. The summed E-state index contributed by atoms with van der Waals surface area (Å²) in [6.07, 6.45) is 7.72. The Balaban J connectivity index is 1.71. The van der Waals surface area contributed by atoms with Crippen molar-refractivity contribution in [3.63, 3.8) is 0 Å². The van der Waals surface area contributed by atoms with Gasteiger partial charge in [-0.3, -0.25) is 4.79 Å². The highest BCUT2D eigenvalue weighted by Gasteiger charge is 2.40. The molecule has 0 unspecified atom stereocenters. The molecule has 7 rings (SSSR count). The summed E-state index contributed by atoms with van der Waals surface area (Å²) in [6.45, 7) is 5.91. The molecule has 0 spiro atoms. The highest BCUT2D eigenvalue weighted by Crippen LogP contribution is 2.57. The largest absolute Gasteiger partial charge is 0.289 e. The molecule has 1 nitrogen and oxygen atoms in total. The Morgan fingerprint density at radius 1 is 0.714 bits per heavy atom. The van der Waals surface area contributed by atoms with Gasteiger partial charge in [0.2, 0.25) is 0 Å². The number of hydrogen-bond donors (Lipinski definition) is 0. The molecule has 0 radical (unpaired) electrons. The fraction of sp³-hybridized carbons (Fsp3) is 0.0294. The molecular weight excluding hydrogens is 424 g/mol. The lowest BCUT2D eigenvalue weighted by molar-refractivity contribution is -0.110. The Kier molecular flexibility index (Phi) is 4.13. The summed E-state index contributed by atoms with van der Waals surface area (Å²) >= 11 is 0. The fourth-order valence-corrected chi connectivity index (χ4v) is 6.08. The van der Waals surface area contributed by atoms with Crippen molar-refractivity contribution in [1.29, 1.82) is 0 Å². The van der Waals surface area contributed by atoms with Crippen LogP contribution in [0.15, 0.2) is 121 Å². The van der Waals surface area contributed by atoms with Gasteiger partial charge in [0.15, 0.2) is 5.78 Å². The second-order valence-corrected chi connectivity index (χ2v) is 9.21. The number of fused-ring (bicyclic) bond motifs is 3. The summed E-state index contributed by atoms with van der Waals surface area (Å²) in [5, 5.41) is 7.55. The lowest BCUT2D eigenvalue weighted by Crippen LogP contribution is -2.05. The molecule has 5 aromatic rings. The van der Waals surface area contributed by atoms with Crippen LogP contribution in [0.25, 0.3) is 49.0 Å². The van der Waals surface area contributed by atoms with Crippen LogP contribution in [0, 0.1) is 0 Å². The molecule has 164 valence electrons. The fourth-order valence-electron chi connectivity index (χ4n) is 6.08. The van der Waals surface area contributed by atoms with Gasteiger partial charge in [0, 0.05) is 22.3 Å². The van der Waals surface area contributed by atoms with E-state index in [-0.39, 0.29) is 5.78 Å². The van der Waals surface area contributed by atoms with Gasteiger partial charge in [-0.25, -0.2) is 0 Å². The minimum Gasteiger partial charge on any atom is -0.289 e. The van der Waals surface area contributed by atoms with Crippen LogP contribution in [0.3, 0.4) is 0 Å². The molecule has 0 heterocycles. The van der Waals surface area contributed by atoms with E-state index in [4.69, 9.17) is 0 Å². The van der Waals surface area contributed by atoms with Crippen LogP contribution < -0.4 is 0 Å². The standard InChI is InChI=1S/C34H22O/c1-3-9-20(10-4-2)29-33-26-19-24-14-8-13-22-15-16-23-17-18-25(31(26)28(23)27(22)24)32(33)30(34(29)35)21-11-6-5-7-12-21/h3-19H,1H2,2H3/b10-4-,20-9+. The summed E-state index contributed by atoms with van der Waals surface area (Å²) < 4.78 is 0. The van der Waals surface area contributed by atoms with Gasteiger partial charge in [0.05, 0.1) is 0 Å². The normalized spacial score (nSPS) is 15.6. The average molecular weight is 447 g/mol. The minimum absolute atomic E-state index is 0.0797. The Bertz CT molecular complexity index is 1860. The lowest BCUT2D eigenvalue weighted by Gasteiger charge is -2.14. The van der Waals surface area contributed by atoms with Crippen LogP contribution in [0.2, 0.25) is 0 Å². The van der Waals surface area contributed by atoms with E-state index in [2.05, 4.69) is 55.1 Å².